The molecule has 0 spiro atoms. The molecule has 0 saturated carbocycles. The molecule has 9 heteroatoms. The molecule has 5 N–H and O–H groups in total. The minimum Gasteiger partial charge on any atom is -0.399 e. The zero-order valence-electron chi connectivity index (χ0n) is 25.4. The second-order valence-electron chi connectivity index (χ2n) is 9.93. The number of carbonyl (C=O) groups is 1. The van der Waals surface area contributed by atoms with Crippen molar-refractivity contribution >= 4 is 46.5 Å². The van der Waals surface area contributed by atoms with Crippen LogP contribution in [0.15, 0.2) is 117 Å². The summed E-state index contributed by atoms with van der Waals surface area (Å²) >= 11 is 7.68. The Labute approximate surface area is 269 Å². The van der Waals surface area contributed by atoms with E-state index in [0.29, 0.717) is 29.4 Å². The van der Waals surface area contributed by atoms with Crippen molar-refractivity contribution in [1.29, 1.82) is 0 Å². The van der Waals surface area contributed by atoms with Gasteiger partial charge in [-0.3, -0.25) is 9.79 Å². The molecule has 44 heavy (non-hydrogen) atoms. The Morgan fingerprint density at radius 3 is 2.27 bits per heavy atom. The van der Waals surface area contributed by atoms with Crippen molar-refractivity contribution in [3.05, 3.63) is 130 Å². The fraction of sp³-hybridized carbons (Fsp3) is 0.200. The average molecular weight is 631 g/mol. The zero-order chi connectivity index (χ0) is 31.9. The molecule has 0 fully saturated rings. The number of rotatable bonds is 6. The molecule has 1 aliphatic heterocycles. The summed E-state index contributed by atoms with van der Waals surface area (Å²) in [6, 6.07) is 29.0. The fourth-order valence-corrected chi connectivity index (χ4v) is 4.87. The Morgan fingerprint density at radius 2 is 1.64 bits per heavy atom. The summed E-state index contributed by atoms with van der Waals surface area (Å²) in [6.07, 6.45) is 2.08. The number of carbonyl (C=O) groups excluding carboxylic acids is 1. The van der Waals surface area contributed by atoms with Gasteiger partial charge in [0.25, 0.3) is 5.91 Å². The standard InChI is InChI=1S/C28H23ClN4OS.C5H10.C2H6O2/c29-21-10-5-18(6-11-21)16-31-27-23-3-1-2-4-25(23)35-26-14-9-20(15-24(26)33-27)28(34)32-17-19-7-12-22(30)13-8-19;1-4-5(2)3;1-4-2-3/h1-15H,16-17,30H2,(H,31,33)(H,32,34);4H,1-3H3;3H,2H2,1H3. The summed E-state index contributed by atoms with van der Waals surface area (Å²) in [5.74, 6) is 0.624. The molecule has 4 aromatic rings. The van der Waals surface area contributed by atoms with Crippen LogP contribution in [0.1, 0.15) is 47.8 Å². The third kappa shape index (κ3) is 10.9. The van der Waals surface area contributed by atoms with Crippen LogP contribution in [-0.4, -0.2) is 30.8 Å². The molecule has 0 saturated heterocycles. The van der Waals surface area contributed by atoms with Gasteiger partial charge < -0.3 is 26.2 Å². The number of anilines is 2. The number of aliphatic hydroxyl groups is 1. The molecule has 4 aromatic carbocycles. The van der Waals surface area contributed by atoms with E-state index in [0.717, 1.165) is 38.0 Å². The van der Waals surface area contributed by atoms with Crippen LogP contribution in [0.5, 0.6) is 0 Å². The minimum absolute atomic E-state index is 0.141. The van der Waals surface area contributed by atoms with E-state index in [2.05, 4.69) is 47.4 Å². The first-order valence-electron chi connectivity index (χ1n) is 14.0. The van der Waals surface area contributed by atoms with Gasteiger partial charge in [-0.15, -0.1) is 0 Å². The third-order valence-electron chi connectivity index (χ3n) is 6.33. The summed E-state index contributed by atoms with van der Waals surface area (Å²) in [4.78, 5) is 19.9. The van der Waals surface area contributed by atoms with Gasteiger partial charge in [0.1, 0.15) is 12.6 Å². The second-order valence-corrected chi connectivity index (χ2v) is 11.5. The first kappa shape index (κ1) is 34.4. The number of fused-ring (bicyclic) bond motifs is 2. The number of nitrogen functional groups attached to an aromatic ring is 1. The average Bonchev–Trinajstić information content (AvgIpc) is 3.20. The Kier molecular flexibility index (Phi) is 14.0. The summed E-state index contributed by atoms with van der Waals surface area (Å²) in [5, 5.41) is 14.8. The number of benzene rings is 4. The number of aliphatic hydroxyl groups excluding tert-OH is 1. The smallest absolute Gasteiger partial charge is 0.251 e. The normalized spacial score (nSPS) is 12.1. The molecule has 230 valence electrons. The van der Waals surface area contributed by atoms with E-state index in [4.69, 9.17) is 27.4 Å². The molecule has 0 bridgehead atoms. The summed E-state index contributed by atoms with van der Waals surface area (Å²) < 4.78 is 4.10. The van der Waals surface area contributed by atoms with E-state index in [9.17, 15) is 4.79 Å². The van der Waals surface area contributed by atoms with Crippen LogP contribution >= 0.6 is 23.4 Å². The maximum Gasteiger partial charge on any atom is 0.251 e. The highest BCUT2D eigenvalue weighted by Gasteiger charge is 2.20. The Balaban J connectivity index is 0.000000519. The molecule has 0 unspecified atom stereocenters. The van der Waals surface area contributed by atoms with Crippen molar-refractivity contribution in [2.24, 2.45) is 4.99 Å². The fourth-order valence-electron chi connectivity index (χ4n) is 3.73. The van der Waals surface area contributed by atoms with Gasteiger partial charge in [0.15, 0.2) is 0 Å². The van der Waals surface area contributed by atoms with Crippen molar-refractivity contribution in [1.82, 2.24) is 5.32 Å². The lowest BCUT2D eigenvalue weighted by molar-refractivity contribution is 0.0325. The number of halogens is 1. The predicted molar refractivity (Wildman–Crippen MR) is 184 cm³/mol. The van der Waals surface area contributed by atoms with Crippen LogP contribution in [0.25, 0.3) is 0 Å². The van der Waals surface area contributed by atoms with E-state index in [1.165, 1.54) is 12.7 Å². The van der Waals surface area contributed by atoms with Gasteiger partial charge in [-0.25, -0.2) is 0 Å². The molecule has 1 amide bonds. The Bertz CT molecular complexity index is 1570. The van der Waals surface area contributed by atoms with Crippen LogP contribution in [0, 0.1) is 0 Å². The molecular formula is C35H39ClN4O3S. The quantitative estimate of drug-likeness (QED) is 0.0979. The topological polar surface area (TPSA) is 109 Å². The molecule has 0 atom stereocenters. The Morgan fingerprint density at radius 1 is 1.00 bits per heavy atom. The molecular weight excluding hydrogens is 592 g/mol. The lowest BCUT2D eigenvalue weighted by Gasteiger charge is -2.12. The van der Waals surface area contributed by atoms with Gasteiger partial charge in [-0.05, 0) is 80.4 Å². The summed E-state index contributed by atoms with van der Waals surface area (Å²) in [6.45, 7) is 6.96. The van der Waals surface area contributed by atoms with Crippen molar-refractivity contribution in [3.8, 4) is 0 Å². The number of amidine groups is 1. The Hall–Kier alpha value is -4.08. The maximum absolute atomic E-state index is 12.9. The lowest BCUT2D eigenvalue weighted by Crippen LogP contribution is -2.23. The number of aliphatic imine (C=N–C) groups is 1. The first-order chi connectivity index (χ1) is 21.2. The monoisotopic (exact) mass is 630 g/mol. The number of nitrogens with one attached hydrogen (secondary N) is 2. The SMILES string of the molecule is CC=C(C)C.COCO.Nc1ccc(CNC(=O)c2ccc3c(c2)NC(=NCc2ccc(Cl)cc2)c2ccccc2S3)cc1. The zero-order valence-corrected chi connectivity index (χ0v) is 27.0. The number of hydrogen-bond acceptors (Lipinski definition) is 6. The van der Waals surface area contributed by atoms with Crippen molar-refractivity contribution in [2.45, 2.75) is 43.7 Å². The van der Waals surface area contributed by atoms with E-state index >= 15 is 0 Å². The number of ether oxygens (including phenoxy) is 1. The molecule has 0 radical (unpaired) electrons. The lowest BCUT2D eigenvalue weighted by atomic mass is 10.1. The van der Waals surface area contributed by atoms with Crippen molar-refractivity contribution < 1.29 is 14.6 Å². The van der Waals surface area contributed by atoms with Gasteiger partial charge >= 0.3 is 0 Å². The predicted octanol–water partition coefficient (Wildman–Crippen LogP) is 7.93. The largest absolute Gasteiger partial charge is 0.399 e. The van der Waals surface area contributed by atoms with Crippen LogP contribution in [0.2, 0.25) is 5.02 Å². The number of allylic oxidation sites excluding steroid dienone is 2. The number of nitrogens with zero attached hydrogens (tertiary/aromatic N) is 1. The van der Waals surface area contributed by atoms with E-state index in [1.807, 2.05) is 85.8 Å². The molecule has 1 aliphatic rings. The van der Waals surface area contributed by atoms with E-state index < -0.39 is 0 Å². The minimum atomic E-state index is -0.181. The molecule has 0 aromatic heterocycles. The number of hydrogen-bond donors (Lipinski definition) is 4. The van der Waals surface area contributed by atoms with Crippen LogP contribution in [0.4, 0.5) is 11.4 Å². The number of amides is 1. The summed E-state index contributed by atoms with van der Waals surface area (Å²) in [5.41, 5.74) is 12.3. The second kappa shape index (κ2) is 17.9. The molecule has 1 heterocycles. The molecule has 5 rings (SSSR count). The van der Waals surface area contributed by atoms with Gasteiger partial charge in [-0.2, -0.15) is 0 Å². The van der Waals surface area contributed by atoms with Crippen molar-refractivity contribution in [3.63, 3.8) is 0 Å². The molecule has 0 aliphatic carbocycles. The highest BCUT2D eigenvalue weighted by molar-refractivity contribution is 7.99. The van der Waals surface area contributed by atoms with Gasteiger partial charge in [0.2, 0.25) is 0 Å². The maximum atomic E-state index is 12.9. The van der Waals surface area contributed by atoms with Gasteiger partial charge in [0, 0.05) is 45.3 Å². The number of nitrogens with two attached hydrogens (primary N) is 1. The van der Waals surface area contributed by atoms with Gasteiger partial charge in [0.05, 0.1) is 12.2 Å². The van der Waals surface area contributed by atoms with Gasteiger partial charge in [-0.1, -0.05) is 77.5 Å². The van der Waals surface area contributed by atoms with Crippen molar-refractivity contribution in [2.75, 3.05) is 25.0 Å². The number of methoxy groups -OCH3 is 1. The van der Waals surface area contributed by atoms with E-state index in [-0.39, 0.29) is 12.7 Å². The third-order valence-corrected chi connectivity index (χ3v) is 7.73. The highest BCUT2D eigenvalue weighted by Crippen LogP contribution is 2.39. The highest BCUT2D eigenvalue weighted by atomic mass is 35.5. The van der Waals surface area contributed by atoms with E-state index in [1.54, 1.807) is 11.8 Å². The van der Waals surface area contributed by atoms with Crippen LogP contribution in [0.3, 0.4) is 0 Å². The first-order valence-corrected chi connectivity index (χ1v) is 15.2. The van der Waals surface area contributed by atoms with Crippen LogP contribution in [-0.2, 0) is 17.8 Å². The summed E-state index contributed by atoms with van der Waals surface area (Å²) in [7, 11) is 1.43. The van der Waals surface area contributed by atoms with Crippen LogP contribution < -0.4 is 16.4 Å². The molecule has 7 nitrogen and oxygen atoms in total.